The van der Waals surface area contributed by atoms with Gasteiger partial charge in [-0.05, 0) is 5.92 Å². The van der Waals surface area contributed by atoms with Crippen molar-refractivity contribution in [3.8, 4) is 0 Å². The molecule has 1 fully saturated rings. The predicted octanol–water partition coefficient (Wildman–Crippen LogP) is 0.336. The van der Waals surface area contributed by atoms with Crippen molar-refractivity contribution in [3.63, 3.8) is 0 Å². The van der Waals surface area contributed by atoms with E-state index in [0.29, 0.717) is 12.5 Å². The van der Waals surface area contributed by atoms with Crippen molar-refractivity contribution in [3.05, 3.63) is 0 Å². The molecule has 0 saturated carbocycles. The van der Waals surface area contributed by atoms with Crippen LogP contribution < -0.4 is 0 Å². The maximum atomic E-state index is 9.05. The molecule has 0 bridgehead atoms. The van der Waals surface area contributed by atoms with E-state index in [1.807, 2.05) is 0 Å². The van der Waals surface area contributed by atoms with Gasteiger partial charge in [0.2, 0.25) is 0 Å². The van der Waals surface area contributed by atoms with E-state index in [1.165, 1.54) is 0 Å². The van der Waals surface area contributed by atoms with Crippen molar-refractivity contribution < 1.29 is 9.84 Å². The van der Waals surface area contributed by atoms with Gasteiger partial charge in [-0.3, -0.25) is 4.90 Å². The molecule has 1 rings (SSSR count). The highest BCUT2D eigenvalue weighted by Crippen LogP contribution is 2.08. The maximum absolute atomic E-state index is 9.05. The molecule has 1 unspecified atom stereocenters. The monoisotopic (exact) mass is 173 g/mol. The minimum atomic E-state index is 0.215. The Balaban J connectivity index is 2.36. The number of nitrogens with zero attached hydrogens (tertiary/aromatic N) is 1. The second-order valence-electron chi connectivity index (χ2n) is 3.80. The van der Waals surface area contributed by atoms with E-state index in [0.717, 1.165) is 19.7 Å². The predicted molar refractivity (Wildman–Crippen MR) is 48.1 cm³/mol. The summed E-state index contributed by atoms with van der Waals surface area (Å²) in [6.07, 6.45) is 0. The molecular weight excluding hydrogens is 154 g/mol. The van der Waals surface area contributed by atoms with Gasteiger partial charge in [0.25, 0.3) is 0 Å². The van der Waals surface area contributed by atoms with Crippen LogP contribution in [-0.2, 0) is 4.74 Å². The second-order valence-corrected chi connectivity index (χ2v) is 3.80. The van der Waals surface area contributed by atoms with Crippen LogP contribution in [0.1, 0.15) is 13.8 Å². The molecule has 1 aliphatic rings. The Morgan fingerprint density at radius 3 is 2.92 bits per heavy atom. The zero-order valence-electron chi connectivity index (χ0n) is 7.99. The largest absolute Gasteiger partial charge is 0.395 e. The number of hydrogen-bond donors (Lipinski definition) is 1. The van der Waals surface area contributed by atoms with Gasteiger partial charge in [-0.25, -0.2) is 0 Å². The molecule has 0 spiro atoms. The highest BCUT2D eigenvalue weighted by Gasteiger charge is 2.22. The molecule has 12 heavy (non-hydrogen) atoms. The van der Waals surface area contributed by atoms with E-state index in [2.05, 4.69) is 18.7 Å². The van der Waals surface area contributed by atoms with Crippen molar-refractivity contribution in [2.24, 2.45) is 5.92 Å². The van der Waals surface area contributed by atoms with Gasteiger partial charge in [0, 0.05) is 13.1 Å². The first-order chi connectivity index (χ1) is 5.74. The zero-order valence-corrected chi connectivity index (χ0v) is 7.99. The summed E-state index contributed by atoms with van der Waals surface area (Å²) < 4.78 is 5.28. The molecule has 0 aromatic heterocycles. The lowest BCUT2D eigenvalue weighted by molar-refractivity contribution is -0.0316. The molecule has 3 nitrogen and oxygen atoms in total. The van der Waals surface area contributed by atoms with Crippen LogP contribution >= 0.6 is 0 Å². The number of ether oxygens (including phenoxy) is 1. The van der Waals surface area contributed by atoms with Crippen LogP contribution in [0.3, 0.4) is 0 Å². The number of morpholine rings is 1. The van der Waals surface area contributed by atoms with Gasteiger partial charge in [-0.15, -0.1) is 0 Å². The first-order valence-corrected chi connectivity index (χ1v) is 4.66. The summed E-state index contributed by atoms with van der Waals surface area (Å²) in [4.78, 5) is 2.31. The second kappa shape index (κ2) is 4.80. The first-order valence-electron chi connectivity index (χ1n) is 4.66. The van der Waals surface area contributed by atoms with Gasteiger partial charge in [-0.1, -0.05) is 13.8 Å². The molecule has 1 N–H and O–H groups in total. The van der Waals surface area contributed by atoms with Crippen molar-refractivity contribution >= 4 is 0 Å². The van der Waals surface area contributed by atoms with E-state index < -0.39 is 0 Å². The van der Waals surface area contributed by atoms with Gasteiger partial charge in [0.1, 0.15) is 0 Å². The lowest BCUT2D eigenvalue weighted by Crippen LogP contribution is -2.48. The molecule has 1 heterocycles. The molecule has 0 aromatic rings. The number of rotatable bonds is 3. The highest BCUT2D eigenvalue weighted by molar-refractivity contribution is 4.74. The Morgan fingerprint density at radius 1 is 1.58 bits per heavy atom. The zero-order chi connectivity index (χ0) is 8.97. The van der Waals surface area contributed by atoms with Crippen LogP contribution in [0.15, 0.2) is 0 Å². The Hall–Kier alpha value is -0.120. The maximum Gasteiger partial charge on any atom is 0.0644 e. The van der Waals surface area contributed by atoms with Gasteiger partial charge in [0.05, 0.1) is 25.9 Å². The molecule has 0 aliphatic carbocycles. The molecule has 3 heteroatoms. The summed E-state index contributed by atoms with van der Waals surface area (Å²) >= 11 is 0. The minimum absolute atomic E-state index is 0.215. The third kappa shape index (κ3) is 2.73. The van der Waals surface area contributed by atoms with Crippen LogP contribution in [0.5, 0.6) is 0 Å². The van der Waals surface area contributed by atoms with Crippen molar-refractivity contribution in [1.29, 1.82) is 0 Å². The Morgan fingerprint density at radius 2 is 2.33 bits per heavy atom. The van der Waals surface area contributed by atoms with Gasteiger partial charge in [-0.2, -0.15) is 0 Å². The van der Waals surface area contributed by atoms with E-state index in [1.54, 1.807) is 0 Å². The summed E-state index contributed by atoms with van der Waals surface area (Å²) in [5.74, 6) is 0.664. The Bertz CT molecular complexity index is 128. The van der Waals surface area contributed by atoms with Gasteiger partial charge in [0.15, 0.2) is 0 Å². The van der Waals surface area contributed by atoms with Crippen molar-refractivity contribution in [2.45, 2.75) is 19.9 Å². The average Bonchev–Trinajstić information content (AvgIpc) is 2.04. The summed E-state index contributed by atoms with van der Waals surface area (Å²) in [6.45, 7) is 8.13. The van der Waals surface area contributed by atoms with Gasteiger partial charge >= 0.3 is 0 Å². The SMILES string of the molecule is CC(C)CN1CCOCC1CO. The fraction of sp³-hybridized carbons (Fsp3) is 1.00. The molecular formula is C9H19NO2. The van der Waals surface area contributed by atoms with Crippen molar-refractivity contribution in [1.82, 2.24) is 4.90 Å². The Labute approximate surface area is 74.3 Å². The molecule has 1 aliphatic heterocycles. The smallest absolute Gasteiger partial charge is 0.0644 e. The summed E-state index contributed by atoms with van der Waals surface area (Å²) in [5.41, 5.74) is 0. The third-order valence-electron chi connectivity index (χ3n) is 2.16. The fourth-order valence-electron chi connectivity index (χ4n) is 1.57. The fourth-order valence-corrected chi connectivity index (χ4v) is 1.57. The van der Waals surface area contributed by atoms with E-state index in [9.17, 15) is 0 Å². The molecule has 1 saturated heterocycles. The van der Waals surface area contributed by atoms with Crippen LogP contribution in [0.2, 0.25) is 0 Å². The third-order valence-corrected chi connectivity index (χ3v) is 2.16. The molecule has 0 amide bonds. The minimum Gasteiger partial charge on any atom is -0.395 e. The highest BCUT2D eigenvalue weighted by atomic mass is 16.5. The van der Waals surface area contributed by atoms with E-state index in [4.69, 9.17) is 9.84 Å². The van der Waals surface area contributed by atoms with Gasteiger partial charge < -0.3 is 9.84 Å². The molecule has 0 radical (unpaired) electrons. The topological polar surface area (TPSA) is 32.7 Å². The molecule has 1 atom stereocenters. The standard InChI is InChI=1S/C9H19NO2/c1-8(2)5-10-3-4-12-7-9(10)6-11/h8-9,11H,3-7H2,1-2H3. The summed E-state index contributed by atoms with van der Waals surface area (Å²) in [7, 11) is 0. The van der Waals surface area contributed by atoms with Crippen LogP contribution in [0.4, 0.5) is 0 Å². The van der Waals surface area contributed by atoms with E-state index in [-0.39, 0.29) is 12.6 Å². The summed E-state index contributed by atoms with van der Waals surface area (Å²) in [5, 5.41) is 9.05. The molecule has 72 valence electrons. The van der Waals surface area contributed by atoms with Crippen LogP contribution in [0, 0.1) is 5.92 Å². The van der Waals surface area contributed by atoms with Crippen molar-refractivity contribution in [2.75, 3.05) is 32.9 Å². The summed E-state index contributed by atoms with van der Waals surface area (Å²) in [6, 6.07) is 0.223. The van der Waals surface area contributed by atoms with Crippen LogP contribution in [-0.4, -0.2) is 49.0 Å². The number of aliphatic hydroxyl groups is 1. The quantitative estimate of drug-likeness (QED) is 0.668. The molecule has 0 aromatic carbocycles. The number of hydrogen-bond acceptors (Lipinski definition) is 3. The van der Waals surface area contributed by atoms with E-state index >= 15 is 0 Å². The van der Waals surface area contributed by atoms with Crippen LogP contribution in [0.25, 0.3) is 0 Å². The average molecular weight is 173 g/mol. The first kappa shape index (κ1) is 9.96. The Kier molecular flexibility index (Phi) is 3.98. The lowest BCUT2D eigenvalue weighted by atomic mass is 10.1. The number of aliphatic hydroxyl groups excluding tert-OH is 1. The normalized spacial score (nSPS) is 26.5. The lowest BCUT2D eigenvalue weighted by Gasteiger charge is -2.35.